The number of amides is 2. The molecule has 0 spiro atoms. The predicted octanol–water partition coefficient (Wildman–Crippen LogP) is 4.88. The van der Waals surface area contributed by atoms with Crippen molar-refractivity contribution in [2.24, 2.45) is 0 Å². The van der Waals surface area contributed by atoms with Crippen LogP contribution in [0.5, 0.6) is 0 Å². The van der Waals surface area contributed by atoms with Crippen LogP contribution in [0.15, 0.2) is 12.3 Å². The van der Waals surface area contributed by atoms with Gasteiger partial charge in [0.05, 0.1) is 18.0 Å². The fraction of sp³-hybridized carbons (Fsp3) is 0.565. The Morgan fingerprint density at radius 2 is 1.97 bits per heavy atom. The van der Waals surface area contributed by atoms with Crippen LogP contribution in [-0.2, 0) is 0 Å². The minimum Gasteiger partial charge on any atom is -0.394 e. The number of carbonyl (C=O) groups excluding carboxylic acids is 2. The van der Waals surface area contributed by atoms with Gasteiger partial charge in [0.2, 0.25) is 0 Å². The molecule has 1 aliphatic heterocycles. The molecule has 16 heteroatoms. The number of likely N-dealkylation sites (tertiary alicyclic amines) is 1. The zero-order valence-electron chi connectivity index (χ0n) is 21.0. The molecule has 3 heterocycles. The van der Waals surface area contributed by atoms with E-state index in [0.717, 1.165) is 11.1 Å². The first-order valence-corrected chi connectivity index (χ1v) is 12.6. The van der Waals surface area contributed by atoms with Gasteiger partial charge in [-0.25, -0.2) is 27.5 Å². The van der Waals surface area contributed by atoms with Crippen molar-refractivity contribution in [3.63, 3.8) is 0 Å². The Morgan fingerprint density at radius 1 is 1.31 bits per heavy atom. The molecule has 1 fully saturated rings. The van der Waals surface area contributed by atoms with E-state index in [1.165, 1.54) is 20.8 Å². The van der Waals surface area contributed by atoms with Gasteiger partial charge in [0.15, 0.2) is 5.01 Å². The second-order valence-corrected chi connectivity index (χ2v) is 10.2. The molecule has 2 amide bonds. The van der Waals surface area contributed by atoms with E-state index >= 15 is 0 Å². The van der Waals surface area contributed by atoms with Gasteiger partial charge in [0.25, 0.3) is 24.2 Å². The van der Waals surface area contributed by atoms with E-state index in [-0.39, 0.29) is 9.88 Å². The van der Waals surface area contributed by atoms with E-state index in [4.69, 9.17) is 0 Å². The maximum atomic E-state index is 14.1. The van der Waals surface area contributed by atoms with Crippen molar-refractivity contribution in [1.29, 1.82) is 0 Å². The van der Waals surface area contributed by atoms with Crippen LogP contribution in [0.2, 0.25) is 0 Å². The van der Waals surface area contributed by atoms with Gasteiger partial charge in [-0.1, -0.05) is 6.92 Å². The number of nitrogens with one attached hydrogen (secondary N) is 2. The van der Waals surface area contributed by atoms with E-state index in [1.807, 2.05) is 0 Å². The number of hydrogen-bond acceptors (Lipinski definition) is 7. The molecule has 39 heavy (non-hydrogen) atoms. The summed E-state index contributed by atoms with van der Waals surface area (Å²) in [5.41, 5.74) is -1.76. The van der Waals surface area contributed by atoms with Crippen LogP contribution in [0, 0.1) is 0 Å². The summed E-state index contributed by atoms with van der Waals surface area (Å²) >= 11 is 0.508. The summed E-state index contributed by atoms with van der Waals surface area (Å²) in [7, 11) is 0. The van der Waals surface area contributed by atoms with E-state index < -0.39 is 97.1 Å². The maximum absolute atomic E-state index is 14.1. The van der Waals surface area contributed by atoms with Crippen LogP contribution in [0.3, 0.4) is 0 Å². The molecule has 8 nitrogen and oxygen atoms in total. The molecule has 1 saturated heterocycles. The Balaban J connectivity index is 2.11. The quantitative estimate of drug-likeness (QED) is 0.363. The third-order valence-corrected chi connectivity index (χ3v) is 7.09. The highest BCUT2D eigenvalue weighted by molar-refractivity contribution is 7.17. The predicted molar refractivity (Wildman–Crippen MR) is 128 cm³/mol. The molecule has 0 radical (unpaired) electrons. The normalized spacial score (nSPS) is 18.8. The van der Waals surface area contributed by atoms with E-state index in [1.54, 1.807) is 0 Å². The number of carbonyl (C=O) groups is 2. The first-order valence-electron chi connectivity index (χ1n) is 11.8. The zero-order valence-corrected chi connectivity index (χ0v) is 21.8. The second kappa shape index (κ2) is 11.6. The fourth-order valence-corrected chi connectivity index (χ4v) is 5.00. The van der Waals surface area contributed by atoms with Crippen molar-refractivity contribution in [2.45, 2.75) is 70.3 Å². The van der Waals surface area contributed by atoms with Crippen molar-refractivity contribution < 1.29 is 45.4 Å². The fourth-order valence-electron chi connectivity index (χ4n) is 4.01. The van der Waals surface area contributed by atoms with Crippen LogP contribution in [0.25, 0.3) is 10.4 Å². The summed E-state index contributed by atoms with van der Waals surface area (Å²) in [6.45, 7) is 2.68. The number of aliphatic hydroxyl groups excluding tert-OH is 1. The lowest BCUT2D eigenvalue weighted by molar-refractivity contribution is -0.142. The number of hydrogen-bond donors (Lipinski definition) is 3. The van der Waals surface area contributed by atoms with Crippen molar-refractivity contribution >= 4 is 29.0 Å². The number of nitrogens with zero attached hydrogens (tertiary/aromatic N) is 3. The lowest BCUT2D eigenvalue weighted by Gasteiger charge is -2.22. The second-order valence-electron chi connectivity index (χ2n) is 9.20. The van der Waals surface area contributed by atoms with Gasteiger partial charge in [-0.3, -0.25) is 9.59 Å². The van der Waals surface area contributed by atoms with E-state index in [9.17, 15) is 45.4 Å². The summed E-state index contributed by atoms with van der Waals surface area (Å²) in [5, 5.41) is 13.3. The standard InChI is InChI=1S/C23H26F7N5O3S/c1-4-14(23(28,29)30)33-15-5-12(18(24)25)13(7-31-15)17-16(21(38)35-9-22(26,27)6-11(35)3)34-20(39-17)19(37)32-10(2)8-36/h5,7,10-11,14,18,36H,4,6,8-9H2,1-3H3,(H,31,33)(H,32,37)/t10-,11+,14+/m1/s1. The van der Waals surface area contributed by atoms with Crippen LogP contribution in [0.4, 0.5) is 36.6 Å². The molecular formula is C23H26F7N5O3S. The highest BCUT2D eigenvalue weighted by Gasteiger charge is 2.46. The minimum absolute atomic E-state index is 0.290. The molecule has 3 atom stereocenters. The molecule has 1 aliphatic rings. The Hall–Kier alpha value is -3.01. The van der Waals surface area contributed by atoms with Crippen LogP contribution < -0.4 is 10.6 Å². The number of rotatable bonds is 9. The van der Waals surface area contributed by atoms with Gasteiger partial charge in [-0.05, 0) is 26.3 Å². The van der Waals surface area contributed by atoms with Gasteiger partial charge in [0, 0.05) is 35.8 Å². The van der Waals surface area contributed by atoms with Crippen LogP contribution >= 0.6 is 11.3 Å². The molecule has 2 aromatic heterocycles. The van der Waals surface area contributed by atoms with E-state index in [0.29, 0.717) is 17.4 Å². The zero-order chi connectivity index (χ0) is 29.3. The van der Waals surface area contributed by atoms with Crippen LogP contribution in [0.1, 0.15) is 65.9 Å². The summed E-state index contributed by atoms with van der Waals surface area (Å²) < 4.78 is 95.8. The lowest BCUT2D eigenvalue weighted by atomic mass is 10.1. The molecule has 0 saturated carbocycles. The summed E-state index contributed by atoms with van der Waals surface area (Å²) in [6, 6.07) is -3.03. The molecule has 0 unspecified atom stereocenters. The highest BCUT2D eigenvalue weighted by atomic mass is 32.1. The average molecular weight is 586 g/mol. The molecular weight excluding hydrogens is 559 g/mol. The number of halogens is 7. The number of pyridine rings is 1. The highest BCUT2D eigenvalue weighted by Crippen LogP contribution is 2.40. The lowest BCUT2D eigenvalue weighted by Crippen LogP contribution is -2.36. The topological polar surface area (TPSA) is 107 Å². The number of alkyl halides is 7. The Kier molecular flexibility index (Phi) is 9.09. The Labute approximate surface area is 222 Å². The number of thiazole rings is 1. The molecule has 3 N–H and O–H groups in total. The third-order valence-electron chi connectivity index (χ3n) is 6.01. The Bertz CT molecular complexity index is 1210. The van der Waals surface area contributed by atoms with Crippen molar-refractivity contribution in [2.75, 3.05) is 18.5 Å². The third kappa shape index (κ3) is 6.96. The van der Waals surface area contributed by atoms with E-state index in [2.05, 4.69) is 20.6 Å². The van der Waals surface area contributed by atoms with Crippen LogP contribution in [-0.4, -0.2) is 75.2 Å². The maximum Gasteiger partial charge on any atom is 0.408 e. The number of aliphatic hydroxyl groups is 1. The molecule has 0 aromatic carbocycles. The van der Waals surface area contributed by atoms with Gasteiger partial charge < -0.3 is 20.6 Å². The molecule has 2 aromatic rings. The van der Waals surface area contributed by atoms with Gasteiger partial charge in [-0.2, -0.15) is 13.2 Å². The summed E-state index contributed by atoms with van der Waals surface area (Å²) in [4.78, 5) is 34.3. The van der Waals surface area contributed by atoms with Crippen molar-refractivity contribution in [3.05, 3.63) is 28.5 Å². The van der Waals surface area contributed by atoms with Gasteiger partial charge in [-0.15, -0.1) is 11.3 Å². The molecule has 0 bridgehead atoms. The van der Waals surface area contributed by atoms with Crippen molar-refractivity contribution in [3.8, 4) is 10.4 Å². The molecule has 3 rings (SSSR count). The number of aromatic nitrogens is 2. The van der Waals surface area contributed by atoms with Gasteiger partial charge >= 0.3 is 6.18 Å². The number of anilines is 1. The SMILES string of the molecule is CC[C@H](Nc1cc(C(F)F)c(-c2sc(C(=O)N[C@H](C)CO)nc2C(=O)N2CC(F)(F)C[C@@H]2C)cn1)C(F)(F)F. The van der Waals surface area contributed by atoms with Gasteiger partial charge in [0.1, 0.15) is 17.6 Å². The molecule has 0 aliphatic carbocycles. The first-order chi connectivity index (χ1) is 18.1. The summed E-state index contributed by atoms with van der Waals surface area (Å²) in [6.07, 6.45) is -8.16. The van der Waals surface area contributed by atoms with Crippen molar-refractivity contribution in [1.82, 2.24) is 20.2 Å². The Morgan fingerprint density at radius 3 is 2.49 bits per heavy atom. The minimum atomic E-state index is -4.68. The monoisotopic (exact) mass is 585 g/mol. The summed E-state index contributed by atoms with van der Waals surface area (Å²) in [5.74, 6) is -5.59. The smallest absolute Gasteiger partial charge is 0.394 e. The largest absolute Gasteiger partial charge is 0.408 e. The average Bonchev–Trinajstić information content (AvgIpc) is 3.41. The molecule has 216 valence electrons. The first kappa shape index (κ1) is 30.5.